The molecule has 1 fully saturated rings. The van der Waals surface area contributed by atoms with Crippen LogP contribution >= 0.6 is 23.4 Å². The van der Waals surface area contributed by atoms with Crippen LogP contribution in [0.4, 0.5) is 10.5 Å². The van der Waals surface area contributed by atoms with Crippen molar-refractivity contribution in [1.82, 2.24) is 4.90 Å². The number of thioether (sulfide) groups is 1. The molecular weight excluding hydrogens is 480 g/mol. The van der Waals surface area contributed by atoms with Gasteiger partial charge in [-0.2, -0.15) is 0 Å². The van der Waals surface area contributed by atoms with E-state index in [9.17, 15) is 24.5 Å². The number of carbonyl (C=O) groups is 3. The van der Waals surface area contributed by atoms with Crippen molar-refractivity contribution in [2.45, 2.75) is 6.54 Å². The highest BCUT2D eigenvalue weighted by Gasteiger charge is 2.35. The van der Waals surface area contributed by atoms with E-state index in [1.807, 2.05) is 0 Å². The Morgan fingerprint density at radius 2 is 1.79 bits per heavy atom. The molecule has 0 aromatic heterocycles. The summed E-state index contributed by atoms with van der Waals surface area (Å²) < 4.78 is 5.39. The molecule has 0 radical (unpaired) electrons. The molecule has 2 amide bonds. The van der Waals surface area contributed by atoms with Crippen molar-refractivity contribution in [2.24, 2.45) is 0 Å². The molecule has 0 bridgehead atoms. The summed E-state index contributed by atoms with van der Waals surface area (Å²) in [5.41, 5.74) is 1.29. The van der Waals surface area contributed by atoms with Crippen molar-refractivity contribution in [2.75, 3.05) is 0 Å². The smallest absolute Gasteiger partial charge is 0.345 e. The molecule has 34 heavy (non-hydrogen) atoms. The molecule has 0 N–H and O–H groups in total. The molecule has 3 aromatic rings. The van der Waals surface area contributed by atoms with E-state index < -0.39 is 22.0 Å². The zero-order chi connectivity index (χ0) is 24.2. The Hall–Kier alpha value is -3.95. The van der Waals surface area contributed by atoms with Crippen LogP contribution < -0.4 is 4.74 Å². The number of amides is 2. The molecule has 8 nitrogen and oxygen atoms in total. The lowest BCUT2D eigenvalue weighted by Gasteiger charge is -2.12. The van der Waals surface area contributed by atoms with Gasteiger partial charge < -0.3 is 4.74 Å². The molecule has 1 aliphatic heterocycles. The number of ether oxygens (including phenoxy) is 1. The molecule has 3 aromatic carbocycles. The highest BCUT2D eigenvalue weighted by Crippen LogP contribution is 2.34. The summed E-state index contributed by atoms with van der Waals surface area (Å²) in [7, 11) is 0. The fourth-order valence-electron chi connectivity index (χ4n) is 3.15. The van der Waals surface area contributed by atoms with Crippen LogP contribution in [-0.2, 0) is 11.3 Å². The van der Waals surface area contributed by atoms with E-state index in [2.05, 4.69) is 0 Å². The largest absolute Gasteiger partial charge is 0.423 e. The Morgan fingerprint density at radius 1 is 1.06 bits per heavy atom. The first kappa shape index (κ1) is 23.2. The van der Waals surface area contributed by atoms with E-state index in [0.717, 1.165) is 16.7 Å². The monoisotopic (exact) mass is 494 g/mol. The first-order valence-electron chi connectivity index (χ1n) is 9.87. The summed E-state index contributed by atoms with van der Waals surface area (Å²) in [6, 6.07) is 18.7. The zero-order valence-corrected chi connectivity index (χ0v) is 18.9. The molecule has 0 spiro atoms. The molecule has 0 unspecified atom stereocenters. The zero-order valence-electron chi connectivity index (χ0n) is 17.3. The van der Waals surface area contributed by atoms with Gasteiger partial charge >= 0.3 is 5.97 Å². The van der Waals surface area contributed by atoms with Crippen molar-refractivity contribution in [3.8, 4) is 5.75 Å². The fraction of sp³-hybridized carbons (Fsp3) is 0.0417. The molecule has 1 heterocycles. The van der Waals surface area contributed by atoms with Gasteiger partial charge in [-0.25, -0.2) is 4.79 Å². The Labute approximate surface area is 202 Å². The van der Waals surface area contributed by atoms with Gasteiger partial charge in [-0.3, -0.25) is 24.6 Å². The van der Waals surface area contributed by atoms with Gasteiger partial charge in [0.25, 0.3) is 16.8 Å². The summed E-state index contributed by atoms with van der Waals surface area (Å²) in [5, 5.41) is 10.6. The van der Waals surface area contributed by atoms with Crippen LogP contribution in [-0.4, -0.2) is 26.9 Å². The van der Waals surface area contributed by atoms with Crippen molar-refractivity contribution < 1.29 is 24.0 Å². The second-order valence-electron chi connectivity index (χ2n) is 7.13. The van der Waals surface area contributed by atoms with E-state index in [1.54, 1.807) is 48.5 Å². The Morgan fingerprint density at radius 3 is 2.50 bits per heavy atom. The standard InChI is InChI=1S/C24H15ClN2O6S/c25-20-7-2-1-6-19(20)23(29)33-18-5-3-4-16(12-18)13-21-22(28)26(24(30)34-21)14-15-8-10-17(11-9-15)27(31)32/h1-13H,14H2/b21-13-. The van der Waals surface area contributed by atoms with Crippen LogP contribution in [0.1, 0.15) is 21.5 Å². The third-order valence-electron chi connectivity index (χ3n) is 4.82. The lowest BCUT2D eigenvalue weighted by molar-refractivity contribution is -0.384. The molecule has 1 saturated heterocycles. The molecule has 4 rings (SSSR count). The highest BCUT2D eigenvalue weighted by molar-refractivity contribution is 8.18. The molecule has 0 atom stereocenters. The molecule has 0 saturated carbocycles. The van der Waals surface area contributed by atoms with E-state index in [0.29, 0.717) is 11.1 Å². The molecule has 170 valence electrons. The Bertz CT molecular complexity index is 1340. The van der Waals surface area contributed by atoms with Gasteiger partial charge in [-0.1, -0.05) is 48.0 Å². The minimum absolute atomic E-state index is 0.00448. The third kappa shape index (κ3) is 5.16. The number of carbonyl (C=O) groups excluding carboxylic acids is 3. The summed E-state index contributed by atoms with van der Waals surface area (Å²) in [4.78, 5) is 49.1. The number of esters is 1. The van der Waals surface area contributed by atoms with Crippen LogP contribution in [0.25, 0.3) is 6.08 Å². The Kier molecular flexibility index (Phi) is 6.76. The number of hydrogen-bond acceptors (Lipinski definition) is 7. The number of nitrogens with zero attached hydrogens (tertiary/aromatic N) is 2. The van der Waals surface area contributed by atoms with Gasteiger partial charge in [0.2, 0.25) is 0 Å². The van der Waals surface area contributed by atoms with E-state index in [4.69, 9.17) is 16.3 Å². The average molecular weight is 495 g/mol. The lowest BCUT2D eigenvalue weighted by Crippen LogP contribution is -2.27. The van der Waals surface area contributed by atoms with Crippen LogP contribution in [0.15, 0.2) is 77.7 Å². The predicted octanol–water partition coefficient (Wildman–Crippen LogP) is 5.70. The number of rotatable bonds is 6. The number of hydrogen-bond donors (Lipinski definition) is 0. The molecule has 0 aliphatic carbocycles. The second-order valence-corrected chi connectivity index (χ2v) is 8.53. The average Bonchev–Trinajstić information content (AvgIpc) is 3.07. The SMILES string of the molecule is O=C(Oc1cccc(/C=C2\SC(=O)N(Cc3ccc([N+](=O)[O-])cc3)C2=O)c1)c1ccccc1Cl. The summed E-state index contributed by atoms with van der Waals surface area (Å²) >= 11 is 6.82. The minimum atomic E-state index is -0.619. The van der Waals surface area contributed by atoms with Crippen LogP contribution in [0.3, 0.4) is 0 Å². The number of benzene rings is 3. The van der Waals surface area contributed by atoms with Crippen molar-refractivity contribution in [3.05, 3.63) is 110 Å². The predicted molar refractivity (Wildman–Crippen MR) is 127 cm³/mol. The fourth-order valence-corrected chi connectivity index (χ4v) is 4.20. The number of nitro benzene ring substituents is 1. The summed E-state index contributed by atoms with van der Waals surface area (Å²) in [6.07, 6.45) is 1.54. The normalized spacial score (nSPS) is 14.5. The van der Waals surface area contributed by atoms with Gasteiger partial charge in [0.05, 0.1) is 27.0 Å². The van der Waals surface area contributed by atoms with Crippen LogP contribution in [0.5, 0.6) is 5.75 Å². The maximum absolute atomic E-state index is 12.8. The van der Waals surface area contributed by atoms with Gasteiger partial charge in [-0.05, 0) is 53.2 Å². The van der Waals surface area contributed by atoms with E-state index >= 15 is 0 Å². The highest BCUT2D eigenvalue weighted by atomic mass is 35.5. The van der Waals surface area contributed by atoms with E-state index in [1.165, 1.54) is 30.3 Å². The topological polar surface area (TPSA) is 107 Å². The van der Waals surface area contributed by atoms with Gasteiger partial charge in [0, 0.05) is 12.1 Å². The second kappa shape index (κ2) is 9.90. The number of non-ortho nitro benzene ring substituents is 1. The third-order valence-corrected chi connectivity index (χ3v) is 6.06. The number of nitro groups is 1. The first-order chi connectivity index (χ1) is 16.3. The molecule has 1 aliphatic rings. The van der Waals surface area contributed by atoms with Gasteiger partial charge in [0.15, 0.2) is 0 Å². The van der Waals surface area contributed by atoms with Crippen LogP contribution in [0.2, 0.25) is 5.02 Å². The quantitative estimate of drug-likeness (QED) is 0.142. The van der Waals surface area contributed by atoms with Crippen LogP contribution in [0, 0.1) is 10.1 Å². The van der Waals surface area contributed by atoms with Gasteiger partial charge in [-0.15, -0.1) is 0 Å². The molecule has 10 heteroatoms. The minimum Gasteiger partial charge on any atom is -0.423 e. The maximum atomic E-state index is 12.8. The van der Waals surface area contributed by atoms with Crippen molar-refractivity contribution in [1.29, 1.82) is 0 Å². The first-order valence-corrected chi connectivity index (χ1v) is 11.1. The summed E-state index contributed by atoms with van der Waals surface area (Å²) in [5.74, 6) is -0.846. The number of halogens is 1. The summed E-state index contributed by atoms with van der Waals surface area (Å²) in [6.45, 7) is -0.00448. The van der Waals surface area contributed by atoms with Crippen molar-refractivity contribution in [3.63, 3.8) is 0 Å². The number of imide groups is 1. The van der Waals surface area contributed by atoms with E-state index in [-0.39, 0.29) is 33.5 Å². The van der Waals surface area contributed by atoms with Gasteiger partial charge in [0.1, 0.15) is 5.75 Å². The molecular formula is C24H15ClN2O6S. The van der Waals surface area contributed by atoms with Crippen molar-refractivity contribution >= 4 is 52.2 Å². The lowest BCUT2D eigenvalue weighted by atomic mass is 10.1. The maximum Gasteiger partial charge on any atom is 0.345 e. The Balaban J connectivity index is 1.48.